The van der Waals surface area contributed by atoms with Gasteiger partial charge >= 0.3 is 25.2 Å². The number of carbonyl (C=O) groups is 1. The molecule has 0 radical (unpaired) electrons. The van der Waals surface area contributed by atoms with Gasteiger partial charge < -0.3 is 15.2 Å². The molecular formula is C23H20F3LiNO3-. The van der Waals surface area contributed by atoms with Gasteiger partial charge in [0.2, 0.25) is 5.91 Å². The number of halogens is 3. The fourth-order valence-electron chi connectivity index (χ4n) is 2.72. The standard InChI is InChI=1S/C23H20F3NO3.Li/c1-3-5-7-17-12-18(16-8-10-20(11-9-16)30-23(24,25)26)13-19(21(17)15-28)14-27-22(29)6-4-2;/h1,3-5,7-11,13,28H,2,6,14-15H2,(H,27,29);/q-2;+1/b7-5-;. The molecule has 0 saturated carbocycles. The topological polar surface area (TPSA) is 58.6 Å². The van der Waals surface area contributed by atoms with Crippen LogP contribution >= 0.6 is 0 Å². The Bertz CT molecular complexity index is 938. The summed E-state index contributed by atoms with van der Waals surface area (Å²) in [6, 6.07) is 10.2. The van der Waals surface area contributed by atoms with Crippen molar-refractivity contribution >= 4 is 12.0 Å². The second kappa shape index (κ2) is 12.2. The van der Waals surface area contributed by atoms with Gasteiger partial charge in [-0.15, -0.1) is 43.0 Å². The summed E-state index contributed by atoms with van der Waals surface area (Å²) < 4.78 is 41.0. The summed E-state index contributed by atoms with van der Waals surface area (Å²) >= 11 is 0. The first-order valence-electron chi connectivity index (χ1n) is 8.91. The number of hydrogen-bond donors (Lipinski definition) is 2. The van der Waals surface area contributed by atoms with Crippen LogP contribution in [0.25, 0.3) is 17.2 Å². The average Bonchev–Trinajstić information content (AvgIpc) is 2.69. The maximum absolute atomic E-state index is 12.4. The number of aliphatic hydroxyl groups excluding tert-OH is 1. The summed E-state index contributed by atoms with van der Waals surface area (Å²) in [7, 11) is 0. The SMILES string of the molecule is [CH-]=C/C=C\c1[c-]c(-c2ccc(OC(F)(F)F)cc2)cc(CNC(=O)CC=C)c1CO.[Li+]. The molecule has 2 aromatic carbocycles. The smallest absolute Gasteiger partial charge is 0.406 e. The second-order valence-corrected chi connectivity index (χ2v) is 6.15. The Morgan fingerprint density at radius 1 is 1.29 bits per heavy atom. The van der Waals surface area contributed by atoms with Gasteiger partial charge in [-0.2, -0.15) is 0 Å². The zero-order valence-electron chi connectivity index (χ0n) is 17.0. The van der Waals surface area contributed by atoms with Crippen molar-refractivity contribution in [1.29, 1.82) is 0 Å². The Hall–Kier alpha value is -2.72. The van der Waals surface area contributed by atoms with Crippen LogP contribution in [0, 0.1) is 12.6 Å². The van der Waals surface area contributed by atoms with Gasteiger partial charge in [-0.1, -0.05) is 34.9 Å². The van der Waals surface area contributed by atoms with Gasteiger partial charge in [0.15, 0.2) is 0 Å². The number of benzene rings is 2. The Morgan fingerprint density at radius 2 is 1.97 bits per heavy atom. The summed E-state index contributed by atoms with van der Waals surface area (Å²) in [5, 5.41) is 12.6. The van der Waals surface area contributed by atoms with E-state index in [1.54, 1.807) is 18.2 Å². The van der Waals surface area contributed by atoms with Crippen molar-refractivity contribution in [2.24, 2.45) is 0 Å². The van der Waals surface area contributed by atoms with Crippen molar-refractivity contribution in [3.05, 3.63) is 84.5 Å². The number of rotatable bonds is 9. The van der Waals surface area contributed by atoms with Crippen LogP contribution in [0.4, 0.5) is 13.2 Å². The molecule has 8 heteroatoms. The third-order valence-corrected chi connectivity index (χ3v) is 4.04. The van der Waals surface area contributed by atoms with Crippen LogP contribution in [0.3, 0.4) is 0 Å². The molecular weight excluding hydrogens is 402 g/mol. The van der Waals surface area contributed by atoms with Crippen molar-refractivity contribution in [2.45, 2.75) is 25.9 Å². The number of ether oxygens (including phenoxy) is 1. The van der Waals surface area contributed by atoms with Crippen molar-refractivity contribution in [3.63, 3.8) is 0 Å². The molecule has 31 heavy (non-hydrogen) atoms. The second-order valence-electron chi connectivity index (χ2n) is 6.15. The maximum Gasteiger partial charge on any atom is 1.00 e. The minimum absolute atomic E-state index is 0. The minimum atomic E-state index is -4.77. The largest absolute Gasteiger partial charge is 1.00 e. The molecule has 1 amide bonds. The van der Waals surface area contributed by atoms with E-state index in [-0.39, 0.29) is 50.1 Å². The fourth-order valence-corrected chi connectivity index (χ4v) is 2.72. The minimum Gasteiger partial charge on any atom is -0.406 e. The van der Waals surface area contributed by atoms with E-state index < -0.39 is 6.36 Å². The molecule has 0 fully saturated rings. The quantitative estimate of drug-likeness (QED) is 0.280. The van der Waals surface area contributed by atoms with Crippen molar-refractivity contribution in [3.8, 4) is 16.9 Å². The molecule has 0 aliphatic rings. The number of alkyl halides is 3. The molecule has 0 aliphatic carbocycles. The van der Waals surface area contributed by atoms with Crippen LogP contribution in [0.5, 0.6) is 5.75 Å². The molecule has 2 N–H and O–H groups in total. The molecule has 0 unspecified atom stereocenters. The molecule has 2 rings (SSSR count). The normalized spacial score (nSPS) is 11.0. The molecule has 2 aromatic rings. The molecule has 158 valence electrons. The van der Waals surface area contributed by atoms with Crippen molar-refractivity contribution < 1.29 is 46.7 Å². The fraction of sp³-hybridized carbons (Fsp3) is 0.174. The predicted molar refractivity (Wildman–Crippen MR) is 108 cm³/mol. The number of nitrogens with one attached hydrogen (secondary N) is 1. The van der Waals surface area contributed by atoms with Crippen LogP contribution in [0.2, 0.25) is 0 Å². The molecule has 0 bridgehead atoms. The van der Waals surface area contributed by atoms with Crippen LogP contribution in [0.1, 0.15) is 23.1 Å². The van der Waals surface area contributed by atoms with Crippen molar-refractivity contribution in [1.82, 2.24) is 5.32 Å². The van der Waals surface area contributed by atoms with Gasteiger partial charge in [-0.05, 0) is 12.1 Å². The summed E-state index contributed by atoms with van der Waals surface area (Å²) in [6.07, 6.45) is 1.37. The molecule has 0 atom stereocenters. The van der Waals surface area contributed by atoms with E-state index in [0.717, 1.165) is 0 Å². The number of hydrogen-bond acceptors (Lipinski definition) is 3. The van der Waals surface area contributed by atoms with E-state index in [0.29, 0.717) is 27.8 Å². The Labute approximate surface area is 191 Å². The monoisotopic (exact) mass is 422 g/mol. The van der Waals surface area contributed by atoms with E-state index in [1.807, 2.05) is 0 Å². The van der Waals surface area contributed by atoms with Gasteiger partial charge in [0.1, 0.15) is 5.75 Å². The van der Waals surface area contributed by atoms with E-state index in [4.69, 9.17) is 6.58 Å². The summed E-state index contributed by atoms with van der Waals surface area (Å²) in [6.45, 7) is 8.75. The number of allylic oxidation sites excluding steroid dienone is 2. The van der Waals surface area contributed by atoms with Gasteiger partial charge in [0.25, 0.3) is 0 Å². The third-order valence-electron chi connectivity index (χ3n) is 4.04. The van der Waals surface area contributed by atoms with Crippen molar-refractivity contribution in [2.75, 3.05) is 0 Å². The summed E-state index contributed by atoms with van der Waals surface area (Å²) in [5.41, 5.74) is 2.87. The predicted octanol–water partition coefficient (Wildman–Crippen LogP) is 1.74. The maximum atomic E-state index is 12.4. The van der Waals surface area contributed by atoms with E-state index in [1.165, 1.54) is 36.4 Å². The first-order chi connectivity index (χ1) is 14.3. The third kappa shape index (κ3) is 8.14. The number of carbonyl (C=O) groups excluding carboxylic acids is 1. The molecule has 4 nitrogen and oxygen atoms in total. The van der Waals surface area contributed by atoms with Crippen LogP contribution in [-0.2, 0) is 17.9 Å². The van der Waals surface area contributed by atoms with Crippen LogP contribution in [0.15, 0.2) is 55.1 Å². The zero-order valence-corrected chi connectivity index (χ0v) is 17.0. The first kappa shape index (κ1) is 26.3. The number of amides is 1. The van der Waals surface area contributed by atoms with Gasteiger partial charge in [-0.3, -0.25) is 11.4 Å². The molecule has 0 saturated heterocycles. The average molecular weight is 422 g/mol. The molecule has 0 aromatic heterocycles. The van der Waals surface area contributed by atoms with Crippen LogP contribution < -0.4 is 28.9 Å². The number of aliphatic hydroxyl groups is 1. The van der Waals surface area contributed by atoms with E-state index >= 15 is 0 Å². The Balaban J connectivity index is 0.00000480. The van der Waals surface area contributed by atoms with Gasteiger partial charge in [0.05, 0.1) is 0 Å². The zero-order chi connectivity index (χ0) is 22.1. The molecule has 0 aliphatic heterocycles. The van der Waals surface area contributed by atoms with Gasteiger partial charge in [-0.25, -0.2) is 18.2 Å². The molecule has 0 heterocycles. The van der Waals surface area contributed by atoms with Crippen LogP contribution in [-0.4, -0.2) is 17.4 Å². The Kier molecular flexibility index (Phi) is 10.4. The first-order valence-corrected chi connectivity index (χ1v) is 8.91. The summed E-state index contributed by atoms with van der Waals surface area (Å²) in [5.74, 6) is -0.572. The molecule has 0 spiro atoms. The van der Waals surface area contributed by atoms with Gasteiger partial charge in [0, 0.05) is 19.6 Å². The van der Waals surface area contributed by atoms with E-state index in [9.17, 15) is 23.1 Å². The summed E-state index contributed by atoms with van der Waals surface area (Å²) in [4.78, 5) is 11.8. The Morgan fingerprint density at radius 3 is 2.52 bits per heavy atom. The van der Waals surface area contributed by atoms with E-state index in [2.05, 4.69) is 22.7 Å².